The third kappa shape index (κ3) is 2.07. The van der Waals surface area contributed by atoms with Gasteiger partial charge in [-0.2, -0.15) is 0 Å². The molecule has 0 amide bonds. The number of hydrogen-bond donors (Lipinski definition) is 1. The number of carboxylic acids is 1. The van der Waals surface area contributed by atoms with Crippen molar-refractivity contribution in [3.05, 3.63) is 31.3 Å². The average Bonchev–Trinajstić information content (AvgIpc) is 2.69. The minimum Gasteiger partial charge on any atom is -0.478 e. The lowest BCUT2D eigenvalue weighted by Gasteiger charge is -2.11. The maximum absolute atomic E-state index is 12.2. The molecule has 0 saturated carbocycles. The summed E-state index contributed by atoms with van der Waals surface area (Å²) in [4.78, 5) is 36.8. The van der Waals surface area contributed by atoms with Gasteiger partial charge in [-0.05, 0) is 12.8 Å². The van der Waals surface area contributed by atoms with Gasteiger partial charge in [0.05, 0.1) is 10.9 Å². The molecule has 0 bridgehead atoms. The Morgan fingerprint density at radius 1 is 1.35 bits per heavy atom. The topological polar surface area (TPSA) is 81.3 Å². The minimum atomic E-state index is -1.14. The quantitative estimate of drug-likeness (QED) is 0.929. The van der Waals surface area contributed by atoms with E-state index in [1.54, 1.807) is 6.92 Å². The highest BCUT2D eigenvalue weighted by Crippen LogP contribution is 2.27. The first-order valence-electron chi connectivity index (χ1n) is 6.22. The Balaban J connectivity index is 3.02. The van der Waals surface area contributed by atoms with Gasteiger partial charge < -0.3 is 5.11 Å². The Morgan fingerprint density at radius 2 is 1.95 bits per heavy atom. The van der Waals surface area contributed by atoms with Crippen LogP contribution in [0, 0.1) is 12.8 Å². The summed E-state index contributed by atoms with van der Waals surface area (Å²) in [7, 11) is 1.37. The summed E-state index contributed by atoms with van der Waals surface area (Å²) < 4.78 is 2.47. The number of carboxylic acid groups (broad SMARTS) is 1. The first-order chi connectivity index (χ1) is 9.25. The van der Waals surface area contributed by atoms with E-state index in [2.05, 4.69) is 0 Å². The highest BCUT2D eigenvalue weighted by atomic mass is 32.1. The molecule has 0 aromatic carbocycles. The van der Waals surface area contributed by atoms with Crippen molar-refractivity contribution < 1.29 is 9.90 Å². The van der Waals surface area contributed by atoms with Crippen LogP contribution in [0.5, 0.6) is 0 Å². The molecule has 2 aromatic rings. The second kappa shape index (κ2) is 4.90. The molecule has 0 saturated heterocycles. The second-order valence-corrected chi connectivity index (χ2v) is 6.37. The van der Waals surface area contributed by atoms with E-state index >= 15 is 0 Å². The number of fused-ring (bicyclic) bond motifs is 1. The lowest BCUT2D eigenvalue weighted by Crippen LogP contribution is -2.38. The molecule has 7 heteroatoms. The van der Waals surface area contributed by atoms with Crippen molar-refractivity contribution in [3.8, 4) is 0 Å². The Labute approximate surface area is 118 Å². The van der Waals surface area contributed by atoms with Crippen molar-refractivity contribution in [2.45, 2.75) is 27.3 Å². The molecule has 20 heavy (non-hydrogen) atoms. The summed E-state index contributed by atoms with van der Waals surface area (Å²) in [5.74, 6) is -0.926. The number of aromatic nitrogens is 2. The molecule has 0 aliphatic rings. The number of aromatic carboxylic acids is 1. The van der Waals surface area contributed by atoms with Gasteiger partial charge >= 0.3 is 11.7 Å². The zero-order valence-corrected chi connectivity index (χ0v) is 12.6. The first kappa shape index (κ1) is 14.5. The van der Waals surface area contributed by atoms with E-state index in [1.165, 1.54) is 23.0 Å². The van der Waals surface area contributed by atoms with Gasteiger partial charge in [-0.15, -0.1) is 11.3 Å². The zero-order valence-electron chi connectivity index (χ0n) is 11.8. The van der Waals surface area contributed by atoms with Crippen LogP contribution in [0.2, 0.25) is 0 Å². The van der Waals surface area contributed by atoms with Crippen molar-refractivity contribution in [2.75, 3.05) is 0 Å². The number of carbonyl (C=O) groups is 1. The molecule has 0 atom stereocenters. The van der Waals surface area contributed by atoms with Crippen LogP contribution < -0.4 is 11.2 Å². The van der Waals surface area contributed by atoms with Gasteiger partial charge in [0.25, 0.3) is 5.56 Å². The average molecular weight is 296 g/mol. The molecule has 2 rings (SSSR count). The van der Waals surface area contributed by atoms with Gasteiger partial charge in [0.2, 0.25) is 0 Å². The lowest BCUT2D eigenvalue weighted by molar-refractivity contribution is 0.0698. The van der Waals surface area contributed by atoms with Crippen LogP contribution in [0.4, 0.5) is 0 Å². The van der Waals surface area contributed by atoms with E-state index in [0.717, 1.165) is 4.57 Å². The Kier molecular flexibility index (Phi) is 3.56. The van der Waals surface area contributed by atoms with E-state index in [0.29, 0.717) is 16.3 Å². The standard InChI is InChI=1S/C13H16N2O4S/c1-6(2)5-15-11-9(10(16)14(4)13(15)19)8(12(17)18)7(3)20-11/h6H,5H2,1-4H3,(H,17,18). The number of thiophene rings is 1. The third-order valence-corrected chi connectivity index (χ3v) is 4.24. The van der Waals surface area contributed by atoms with E-state index in [1.807, 2.05) is 13.8 Å². The highest BCUT2D eigenvalue weighted by molar-refractivity contribution is 7.19. The van der Waals surface area contributed by atoms with Crippen LogP contribution in [0.1, 0.15) is 29.1 Å². The zero-order chi connectivity index (χ0) is 15.2. The van der Waals surface area contributed by atoms with Gasteiger partial charge in [0, 0.05) is 18.5 Å². The van der Waals surface area contributed by atoms with Crippen LogP contribution >= 0.6 is 11.3 Å². The third-order valence-electron chi connectivity index (χ3n) is 3.11. The Hall–Kier alpha value is -1.89. The van der Waals surface area contributed by atoms with E-state index < -0.39 is 17.2 Å². The van der Waals surface area contributed by atoms with Crippen LogP contribution in [0.3, 0.4) is 0 Å². The number of hydrogen-bond acceptors (Lipinski definition) is 4. The predicted molar refractivity (Wildman–Crippen MR) is 77.9 cm³/mol. The van der Waals surface area contributed by atoms with Crippen molar-refractivity contribution >= 4 is 27.5 Å². The second-order valence-electron chi connectivity index (χ2n) is 5.17. The molecule has 108 valence electrons. The molecule has 2 heterocycles. The highest BCUT2D eigenvalue weighted by Gasteiger charge is 2.23. The summed E-state index contributed by atoms with van der Waals surface area (Å²) in [6, 6.07) is 0. The Bertz CT molecular complexity index is 810. The number of nitrogens with zero attached hydrogens (tertiary/aromatic N) is 2. The fourth-order valence-corrected chi connectivity index (χ4v) is 3.36. The van der Waals surface area contributed by atoms with Gasteiger partial charge in [-0.25, -0.2) is 9.59 Å². The molecule has 0 aliphatic carbocycles. The van der Waals surface area contributed by atoms with Crippen LogP contribution in [0.15, 0.2) is 9.59 Å². The SMILES string of the molecule is Cc1sc2c(c1C(=O)O)c(=O)n(C)c(=O)n2CC(C)C. The van der Waals surface area contributed by atoms with Crippen LogP contribution in [0.25, 0.3) is 10.2 Å². The summed E-state index contributed by atoms with van der Waals surface area (Å²) >= 11 is 1.18. The molecule has 6 nitrogen and oxygen atoms in total. The van der Waals surface area contributed by atoms with Crippen molar-refractivity contribution in [1.29, 1.82) is 0 Å². The van der Waals surface area contributed by atoms with Gasteiger partial charge in [-0.3, -0.25) is 13.9 Å². The fourth-order valence-electron chi connectivity index (χ4n) is 2.22. The minimum absolute atomic E-state index is 0.00288. The largest absolute Gasteiger partial charge is 0.478 e. The maximum atomic E-state index is 12.2. The summed E-state index contributed by atoms with van der Waals surface area (Å²) in [6.45, 7) is 6.02. The summed E-state index contributed by atoms with van der Waals surface area (Å²) in [6.07, 6.45) is 0. The smallest absolute Gasteiger partial charge is 0.337 e. The number of aryl methyl sites for hydroxylation is 1. The normalized spacial score (nSPS) is 11.4. The molecule has 0 aliphatic heterocycles. The molecule has 1 N–H and O–H groups in total. The molecule has 0 unspecified atom stereocenters. The summed E-state index contributed by atoms with van der Waals surface area (Å²) in [5.41, 5.74) is -0.954. The lowest BCUT2D eigenvalue weighted by atomic mass is 10.2. The fraction of sp³-hybridized carbons (Fsp3) is 0.462. The van der Waals surface area contributed by atoms with Crippen molar-refractivity contribution in [1.82, 2.24) is 9.13 Å². The maximum Gasteiger partial charge on any atom is 0.337 e. The Morgan fingerprint density at radius 3 is 2.45 bits per heavy atom. The predicted octanol–water partition coefficient (Wildman–Crippen LogP) is 1.42. The van der Waals surface area contributed by atoms with Gasteiger partial charge in [0.15, 0.2) is 0 Å². The monoisotopic (exact) mass is 296 g/mol. The molecule has 2 aromatic heterocycles. The molecular weight excluding hydrogens is 280 g/mol. The van der Waals surface area contributed by atoms with Crippen LogP contribution in [-0.2, 0) is 13.6 Å². The molecule has 0 spiro atoms. The van der Waals surface area contributed by atoms with Gasteiger partial charge in [-0.1, -0.05) is 13.8 Å². The number of rotatable bonds is 3. The van der Waals surface area contributed by atoms with E-state index in [4.69, 9.17) is 0 Å². The molecular formula is C13H16N2O4S. The van der Waals surface area contributed by atoms with Crippen LogP contribution in [-0.4, -0.2) is 20.2 Å². The van der Waals surface area contributed by atoms with E-state index in [9.17, 15) is 19.5 Å². The summed E-state index contributed by atoms with van der Waals surface area (Å²) in [5, 5.41) is 9.41. The molecule has 0 radical (unpaired) electrons. The van der Waals surface area contributed by atoms with Crippen molar-refractivity contribution in [3.63, 3.8) is 0 Å². The first-order valence-corrected chi connectivity index (χ1v) is 7.03. The molecule has 0 fully saturated rings. The van der Waals surface area contributed by atoms with Crippen molar-refractivity contribution in [2.24, 2.45) is 13.0 Å². The van der Waals surface area contributed by atoms with Gasteiger partial charge in [0.1, 0.15) is 4.83 Å². The van der Waals surface area contributed by atoms with E-state index in [-0.39, 0.29) is 16.9 Å².